The van der Waals surface area contributed by atoms with E-state index >= 15 is 0 Å². The SMILES string of the molecule is Cc1cccc(OCC(=O)c2c(C)c(C#N)c(=O)n(C3CCCC3)c2O)c1. The molecule has 6 heteroatoms. The largest absolute Gasteiger partial charge is 0.494 e. The molecule has 0 unspecified atom stereocenters. The number of aryl methyl sites for hydroxylation is 1. The highest BCUT2D eigenvalue weighted by molar-refractivity contribution is 6.01. The zero-order valence-corrected chi connectivity index (χ0v) is 15.5. The molecule has 0 bridgehead atoms. The smallest absolute Gasteiger partial charge is 0.271 e. The number of rotatable bonds is 5. The average Bonchev–Trinajstić information content (AvgIpc) is 3.14. The van der Waals surface area contributed by atoms with Crippen molar-refractivity contribution in [3.05, 3.63) is 56.9 Å². The maximum atomic E-state index is 12.8. The third kappa shape index (κ3) is 3.59. The predicted octanol–water partition coefficient (Wildman–Crippen LogP) is 3.42. The number of ether oxygens (including phenoxy) is 1. The molecule has 1 saturated carbocycles. The van der Waals surface area contributed by atoms with Crippen LogP contribution in [0.4, 0.5) is 0 Å². The first-order valence-corrected chi connectivity index (χ1v) is 9.05. The molecule has 0 saturated heterocycles. The topological polar surface area (TPSA) is 92.3 Å². The first kappa shape index (κ1) is 18.7. The molecule has 1 N–H and O–H groups in total. The minimum absolute atomic E-state index is 0.00861. The van der Waals surface area contributed by atoms with Crippen LogP contribution in [0.5, 0.6) is 11.6 Å². The summed E-state index contributed by atoms with van der Waals surface area (Å²) in [5.74, 6) is -0.277. The van der Waals surface area contributed by atoms with E-state index in [2.05, 4.69) is 0 Å². The van der Waals surface area contributed by atoms with Gasteiger partial charge >= 0.3 is 0 Å². The average molecular weight is 366 g/mol. The summed E-state index contributed by atoms with van der Waals surface area (Å²) >= 11 is 0. The van der Waals surface area contributed by atoms with Crippen molar-refractivity contribution in [2.75, 3.05) is 6.61 Å². The standard InChI is InChI=1S/C21H22N2O4/c1-13-6-5-9-16(10-13)27-12-18(24)19-14(2)17(11-22)20(25)23(21(19)26)15-7-3-4-8-15/h5-6,9-10,15,26H,3-4,7-8,12H2,1-2H3. The molecular weight excluding hydrogens is 344 g/mol. The van der Waals surface area contributed by atoms with Gasteiger partial charge in [0.25, 0.3) is 5.56 Å². The summed E-state index contributed by atoms with van der Waals surface area (Å²) in [5.41, 5.74) is 0.562. The number of carbonyl (C=O) groups excluding carboxylic acids is 1. The van der Waals surface area contributed by atoms with Crippen LogP contribution in [0.15, 0.2) is 29.1 Å². The van der Waals surface area contributed by atoms with Crippen LogP contribution in [0.2, 0.25) is 0 Å². The van der Waals surface area contributed by atoms with E-state index in [9.17, 15) is 20.0 Å². The fourth-order valence-corrected chi connectivity index (χ4v) is 3.68. The maximum Gasteiger partial charge on any atom is 0.271 e. The molecule has 0 aliphatic heterocycles. The van der Waals surface area contributed by atoms with E-state index in [0.717, 1.165) is 31.2 Å². The Labute approximate surface area is 157 Å². The number of carbonyl (C=O) groups is 1. The van der Waals surface area contributed by atoms with Gasteiger partial charge in [-0.05, 0) is 49.9 Å². The minimum atomic E-state index is -0.532. The lowest BCUT2D eigenvalue weighted by Crippen LogP contribution is -2.29. The van der Waals surface area contributed by atoms with Gasteiger partial charge in [-0.1, -0.05) is 25.0 Å². The summed E-state index contributed by atoms with van der Waals surface area (Å²) in [6.45, 7) is 3.14. The number of Topliss-reactive ketones (excluding diaryl/α,β-unsaturated/α-hetero) is 1. The Morgan fingerprint density at radius 3 is 2.67 bits per heavy atom. The summed E-state index contributed by atoms with van der Waals surface area (Å²) in [6, 6.07) is 9.00. The van der Waals surface area contributed by atoms with Gasteiger partial charge in [0.2, 0.25) is 11.7 Å². The van der Waals surface area contributed by atoms with E-state index in [-0.39, 0.29) is 35.2 Å². The van der Waals surface area contributed by atoms with Gasteiger partial charge in [0.15, 0.2) is 6.61 Å². The number of hydrogen-bond acceptors (Lipinski definition) is 5. The Kier molecular flexibility index (Phi) is 5.31. The van der Waals surface area contributed by atoms with Crippen molar-refractivity contribution in [3.8, 4) is 17.7 Å². The molecule has 2 aromatic rings. The van der Waals surface area contributed by atoms with Gasteiger partial charge in [-0.15, -0.1) is 0 Å². The molecule has 1 aliphatic rings. The van der Waals surface area contributed by atoms with Crippen LogP contribution >= 0.6 is 0 Å². The van der Waals surface area contributed by atoms with E-state index in [1.165, 1.54) is 11.5 Å². The van der Waals surface area contributed by atoms with Gasteiger partial charge in [-0.2, -0.15) is 5.26 Å². The highest BCUT2D eigenvalue weighted by Crippen LogP contribution is 2.34. The summed E-state index contributed by atoms with van der Waals surface area (Å²) in [7, 11) is 0. The Morgan fingerprint density at radius 2 is 2.04 bits per heavy atom. The lowest BCUT2D eigenvalue weighted by atomic mass is 10.0. The summed E-state index contributed by atoms with van der Waals surface area (Å²) in [6.07, 6.45) is 3.39. The van der Waals surface area contributed by atoms with Crippen molar-refractivity contribution in [2.24, 2.45) is 0 Å². The zero-order valence-electron chi connectivity index (χ0n) is 15.5. The van der Waals surface area contributed by atoms with Gasteiger partial charge < -0.3 is 9.84 Å². The number of aromatic hydroxyl groups is 1. The third-order valence-corrected chi connectivity index (χ3v) is 5.07. The molecule has 1 aromatic heterocycles. The highest BCUT2D eigenvalue weighted by atomic mass is 16.5. The first-order valence-electron chi connectivity index (χ1n) is 9.05. The van der Waals surface area contributed by atoms with Crippen LogP contribution in [0.1, 0.15) is 58.8 Å². The number of aromatic nitrogens is 1. The molecule has 6 nitrogen and oxygen atoms in total. The number of nitrogens with zero attached hydrogens (tertiary/aromatic N) is 2. The Balaban J connectivity index is 1.98. The van der Waals surface area contributed by atoms with E-state index in [4.69, 9.17) is 4.74 Å². The number of hydrogen-bond donors (Lipinski definition) is 1. The van der Waals surface area contributed by atoms with E-state index in [1.54, 1.807) is 12.1 Å². The Bertz CT molecular complexity index is 979. The summed E-state index contributed by atoms with van der Waals surface area (Å²) in [5, 5.41) is 20.1. The molecule has 140 valence electrons. The Hall–Kier alpha value is -3.07. The Morgan fingerprint density at radius 1 is 1.33 bits per heavy atom. The second kappa shape index (κ2) is 7.67. The molecule has 0 atom stereocenters. The van der Waals surface area contributed by atoms with E-state index in [0.29, 0.717) is 5.75 Å². The van der Waals surface area contributed by atoms with Crippen molar-refractivity contribution in [1.82, 2.24) is 4.57 Å². The number of pyridine rings is 1. The van der Waals surface area contributed by atoms with Crippen LogP contribution in [0.3, 0.4) is 0 Å². The minimum Gasteiger partial charge on any atom is -0.494 e. The zero-order chi connectivity index (χ0) is 19.6. The molecular formula is C21H22N2O4. The molecule has 0 radical (unpaired) electrons. The first-order chi connectivity index (χ1) is 12.9. The van der Waals surface area contributed by atoms with Gasteiger partial charge in [0.1, 0.15) is 17.4 Å². The molecule has 1 fully saturated rings. The van der Waals surface area contributed by atoms with Crippen molar-refractivity contribution < 1.29 is 14.6 Å². The predicted molar refractivity (Wildman–Crippen MR) is 100 cm³/mol. The lowest BCUT2D eigenvalue weighted by Gasteiger charge is -2.20. The summed E-state index contributed by atoms with van der Waals surface area (Å²) < 4.78 is 6.77. The number of benzene rings is 1. The molecule has 1 heterocycles. The lowest BCUT2D eigenvalue weighted by molar-refractivity contribution is 0.0916. The molecule has 0 spiro atoms. The van der Waals surface area contributed by atoms with E-state index < -0.39 is 11.3 Å². The van der Waals surface area contributed by atoms with Gasteiger partial charge in [-0.25, -0.2) is 0 Å². The normalized spacial score (nSPS) is 14.1. The molecule has 3 rings (SSSR count). The quantitative estimate of drug-likeness (QED) is 0.819. The molecule has 1 aliphatic carbocycles. The van der Waals surface area contributed by atoms with Crippen LogP contribution < -0.4 is 10.3 Å². The fraction of sp³-hybridized carbons (Fsp3) is 0.381. The van der Waals surface area contributed by atoms with Crippen molar-refractivity contribution >= 4 is 5.78 Å². The van der Waals surface area contributed by atoms with Gasteiger partial charge in [-0.3, -0.25) is 14.2 Å². The van der Waals surface area contributed by atoms with Crippen LogP contribution in [0, 0.1) is 25.2 Å². The molecule has 1 aromatic carbocycles. The maximum absolute atomic E-state index is 12.8. The van der Waals surface area contributed by atoms with Gasteiger partial charge in [0, 0.05) is 6.04 Å². The van der Waals surface area contributed by atoms with Crippen LogP contribution in [-0.2, 0) is 0 Å². The van der Waals surface area contributed by atoms with Crippen molar-refractivity contribution in [2.45, 2.75) is 45.6 Å². The second-order valence-electron chi connectivity index (χ2n) is 6.95. The molecule has 27 heavy (non-hydrogen) atoms. The van der Waals surface area contributed by atoms with Crippen LogP contribution in [0.25, 0.3) is 0 Å². The third-order valence-electron chi connectivity index (χ3n) is 5.07. The number of nitriles is 1. The highest BCUT2D eigenvalue weighted by Gasteiger charge is 2.29. The van der Waals surface area contributed by atoms with Crippen molar-refractivity contribution in [3.63, 3.8) is 0 Å². The van der Waals surface area contributed by atoms with Crippen molar-refractivity contribution in [1.29, 1.82) is 5.26 Å². The van der Waals surface area contributed by atoms with Gasteiger partial charge in [0.05, 0.1) is 5.56 Å². The molecule has 0 amide bonds. The van der Waals surface area contributed by atoms with E-state index in [1.807, 2.05) is 25.1 Å². The second-order valence-corrected chi connectivity index (χ2v) is 6.95. The fourth-order valence-electron chi connectivity index (χ4n) is 3.68. The van der Waals surface area contributed by atoms with Crippen LogP contribution in [-0.4, -0.2) is 22.1 Å². The summed E-state index contributed by atoms with van der Waals surface area (Å²) in [4.78, 5) is 25.4. The monoisotopic (exact) mass is 366 g/mol. The number of ketones is 1.